The van der Waals surface area contributed by atoms with E-state index in [1.165, 1.54) is 49.3 Å². The van der Waals surface area contributed by atoms with Crippen molar-refractivity contribution in [3.8, 4) is 22.6 Å². The Morgan fingerprint density at radius 3 is 0.870 bits per heavy atom. The zero-order valence-corrected chi connectivity index (χ0v) is 67.0. The van der Waals surface area contributed by atoms with E-state index in [2.05, 4.69) is 28.7 Å². The zero-order chi connectivity index (χ0) is 79.4. The van der Waals surface area contributed by atoms with Gasteiger partial charge in [0.05, 0.1) is 12.2 Å². The summed E-state index contributed by atoms with van der Waals surface area (Å²) in [5.74, 6) is 1.12. The summed E-state index contributed by atoms with van der Waals surface area (Å²) in [5.41, 5.74) is 6.46. The first-order valence-electron chi connectivity index (χ1n) is 29.4. The normalized spacial score (nSPS) is 10.1. The first kappa shape index (κ1) is 93.6. The van der Waals surface area contributed by atoms with Crippen LogP contribution in [-0.4, -0.2) is 106 Å². The number of halogens is 13. The van der Waals surface area contributed by atoms with Crippen molar-refractivity contribution in [3.05, 3.63) is 225 Å². The van der Waals surface area contributed by atoms with Gasteiger partial charge in [-0.15, -0.1) is 9.18 Å². The van der Waals surface area contributed by atoms with E-state index in [4.69, 9.17) is 153 Å². The van der Waals surface area contributed by atoms with Crippen LogP contribution in [0.25, 0.3) is 11.1 Å². The fraction of sp³-hybridized carbons (Fsp3) is 0.182. The average molecular weight is 1780 g/mol. The van der Waals surface area contributed by atoms with Crippen LogP contribution in [0.2, 0.25) is 6.82 Å². The van der Waals surface area contributed by atoms with Crippen LogP contribution in [0.15, 0.2) is 170 Å². The predicted molar refractivity (Wildman–Crippen MR) is 425 cm³/mol. The van der Waals surface area contributed by atoms with Gasteiger partial charge < -0.3 is 9.30 Å². The molecule has 0 saturated carbocycles. The molecule has 0 bridgehead atoms. The van der Waals surface area contributed by atoms with Gasteiger partial charge in [-0.1, -0.05) is 115 Å². The molecule has 0 heterocycles. The number of benzene rings is 7. The second-order valence-corrected chi connectivity index (χ2v) is 26.8. The van der Waals surface area contributed by atoms with Crippen molar-refractivity contribution >= 4 is 262 Å². The first-order chi connectivity index (χ1) is 48.2. The molecule has 0 saturated heterocycles. The summed E-state index contributed by atoms with van der Waals surface area (Å²) in [7, 11) is -2.33. The summed E-state index contributed by atoms with van der Waals surface area (Å²) in [6.07, 6.45) is 5.79. The number of hydrogen-bond donors (Lipinski definition) is 1. The Bertz CT molecular complexity index is 3660. The van der Waals surface area contributed by atoms with Gasteiger partial charge in [-0.3, -0.25) is 57.5 Å². The standard InChI is InChI=1S/C14H8Cl2O3.C14H8Cl2O2.C10H8Cl2O2.2C8H4Cl2O2.C8H12Cl2O2.CH4B2O2.CH4IP.CH5OP.CH5P/c15-13(17)9-1-5-11(6-2-9)19-12-7-3-10(4-8-12)14(16)18;15-13(17)11-5-1-9(2-6-11)10-3-7-12(8-4-10)14(16)18;11-9(13)5-7-1-2-8(4-3-7)6-10(12)14;9-7(11)5-1-2-6(4-3-5)8(10)12;9-7(11)5-2-1-3-6(4-5)8(10)12;9-7(11)5-3-1-2-4-6-8(10)12;1-3(5)2-4;2*1-3-2;1-2/h1-8H;1-8H;1-4H,5-6H2;2*1-4H;1-6H2;5H,1H3;3H,1H3;3H2,1H3;2H2,1H3/i;;;;;;;;3D2;2T. The maximum Gasteiger partial charge on any atom is 0.252 e. The molecule has 16 nitrogen and oxygen atoms in total. The molecule has 7 rings (SSSR count). The van der Waals surface area contributed by atoms with Crippen LogP contribution in [0.1, 0.15) is 133 Å². The number of unbranched alkanes of at least 4 members (excludes halogenated alkanes) is 3. The molecule has 7 aromatic rings. The van der Waals surface area contributed by atoms with E-state index in [9.17, 15) is 66.8 Å². The molecule has 0 spiro atoms. The largest absolute Gasteiger partial charge is 0.457 e. The van der Waals surface area contributed by atoms with Gasteiger partial charge in [0.25, 0.3) is 41.9 Å². The molecule has 0 aromatic heterocycles. The third-order valence-electron chi connectivity index (χ3n) is 11.0. The van der Waals surface area contributed by atoms with Gasteiger partial charge in [-0.2, -0.15) is 0 Å². The minimum absolute atomic E-state index is 0.205. The molecule has 0 radical (unpaired) electrons. The molecule has 0 fully saturated rings. The third kappa shape index (κ3) is 51.7. The van der Waals surface area contributed by atoms with E-state index in [1.807, 2.05) is 6.66 Å². The van der Waals surface area contributed by atoms with Crippen LogP contribution in [-0.2, 0) is 41.3 Å². The van der Waals surface area contributed by atoms with Crippen LogP contribution >= 0.6 is 185 Å². The van der Waals surface area contributed by atoms with Crippen LogP contribution in [0.3, 0.4) is 0 Å². The van der Waals surface area contributed by atoms with Crippen molar-refractivity contribution in [2.75, 3.05) is 20.0 Å². The molecule has 7 aromatic carbocycles. The molecule has 534 valence electrons. The molecule has 0 amide bonds. The minimum atomic E-state index is -3.14. The van der Waals surface area contributed by atoms with Gasteiger partial charge >= 0.3 is 30.4 Å². The van der Waals surface area contributed by atoms with Crippen LogP contribution in [0.5, 0.6) is 11.5 Å². The van der Waals surface area contributed by atoms with Gasteiger partial charge in [0.1, 0.15) is 11.5 Å². The van der Waals surface area contributed by atoms with E-state index < -0.39 is 67.6 Å². The average Bonchev–Trinajstić information content (AvgIpc) is 0.862. The van der Waals surface area contributed by atoms with Crippen molar-refractivity contribution in [1.82, 2.24) is 0 Å². The molecule has 2 atom stereocenters. The Labute approximate surface area is 662 Å². The molecule has 1 N–H and O–H groups in total. The second kappa shape index (κ2) is 60.9. The summed E-state index contributed by atoms with van der Waals surface area (Å²) in [6.45, 7) is 5.65. The summed E-state index contributed by atoms with van der Waals surface area (Å²) in [4.78, 5) is 128. The Morgan fingerprint density at radius 2 is 0.680 bits per heavy atom. The SMILES string of the molecule is CB(O)B=O.CPI.O=C(Cl)CCCCCCC(=O)Cl.O=C(Cl)Cc1ccc(CC(=O)Cl)cc1.O=C(Cl)c1ccc(-c2ccc(C(=O)Cl)cc2)cc1.O=C(Cl)c1ccc(C(=O)Cl)cc1.O=C(Cl)c1ccc(Oc2ccc(C(=O)Cl)cc2)cc1.O=C(Cl)c1cccc(C(=O)Cl)c1.[2H]P([2H])(C)=O.[3H]PC. The molecule has 0 aliphatic carbocycles. The summed E-state index contributed by atoms with van der Waals surface area (Å²) >= 11 is 65.2. The van der Waals surface area contributed by atoms with Gasteiger partial charge in [0.15, 0.2) is 0 Å². The summed E-state index contributed by atoms with van der Waals surface area (Å²) in [6, 6.07) is 45.4. The minimum Gasteiger partial charge on any atom is -0.457 e. The monoisotopic (exact) mass is 1780 g/mol. The smallest absolute Gasteiger partial charge is 0.252 e. The van der Waals surface area contributed by atoms with Crippen molar-refractivity contribution < 1.29 is 76.6 Å². The van der Waals surface area contributed by atoms with Gasteiger partial charge in [0, 0.05) is 70.2 Å². The molecule has 2 unspecified atom stereocenters. The Kier molecular flexibility index (Phi) is 57.0. The summed E-state index contributed by atoms with van der Waals surface area (Å²) in [5, 5.41) is 2.32. The maximum absolute atomic E-state index is 10.9. The van der Waals surface area contributed by atoms with Crippen molar-refractivity contribution in [2.45, 2.75) is 58.2 Å². The number of ether oxygens (including phenoxy) is 1. The van der Waals surface area contributed by atoms with Gasteiger partial charge in [-0.25, -0.2) is 0 Å². The quantitative estimate of drug-likeness (QED) is 0.0205. The van der Waals surface area contributed by atoms with Crippen molar-refractivity contribution in [3.63, 3.8) is 0 Å². The van der Waals surface area contributed by atoms with Crippen LogP contribution in [0.4, 0.5) is 0 Å². The number of hydrogen-bond acceptors (Lipinski definition) is 16. The van der Waals surface area contributed by atoms with Crippen molar-refractivity contribution in [1.29, 1.82) is 3.84 Å². The molecule has 34 heteroatoms. The predicted octanol–water partition coefficient (Wildman–Crippen LogP) is 20.1. The van der Waals surface area contributed by atoms with Crippen LogP contribution in [0, 0.1) is 0 Å². The Hall–Kier alpha value is -4.43. The second-order valence-electron chi connectivity index (χ2n) is 18.4. The number of rotatable bonds is 23. The molecular formula is C66H62B2Cl12IO16P3. The van der Waals surface area contributed by atoms with Gasteiger partial charge in [-0.05, 0) is 291 Å². The molecule has 0 aliphatic rings. The topological polar surface area (TPSA) is 268 Å². The first-order valence-corrected chi connectivity index (χ1v) is 39.4. The fourth-order valence-electron chi connectivity index (χ4n) is 6.51. The number of carbonyl (C=O) groups excluding carboxylic acids is 12. The fourth-order valence-corrected chi connectivity index (χ4v) is 8.07. The maximum atomic E-state index is 10.9. The Morgan fingerprint density at radius 1 is 0.470 bits per heavy atom. The van der Waals surface area contributed by atoms with Gasteiger partial charge in [0.2, 0.25) is 21.0 Å². The van der Waals surface area contributed by atoms with E-state index in [0.717, 1.165) is 60.8 Å². The third-order valence-corrected chi connectivity index (χ3v) is 13.4. The van der Waals surface area contributed by atoms with E-state index in [0.29, 0.717) is 73.9 Å². The van der Waals surface area contributed by atoms with E-state index in [-0.39, 0.29) is 34.5 Å². The zero-order valence-electron chi connectivity index (χ0n) is 55.9. The van der Waals surface area contributed by atoms with Crippen LogP contribution < -0.4 is 4.74 Å². The Balaban J connectivity index is -0.00000113. The summed E-state index contributed by atoms with van der Waals surface area (Å²) < 4.78 is 42.9. The van der Waals surface area contributed by atoms with E-state index in [1.54, 1.807) is 127 Å². The van der Waals surface area contributed by atoms with E-state index >= 15 is 0 Å². The molecule has 100 heavy (non-hydrogen) atoms. The molecular weight excluding hydrogens is 1720 g/mol. The molecule has 0 aliphatic heterocycles. The number of carbonyl (C=O) groups is 12. The van der Waals surface area contributed by atoms with Crippen molar-refractivity contribution in [2.24, 2.45) is 0 Å².